The van der Waals surface area contributed by atoms with Crippen LogP contribution in [0.25, 0.3) is 10.2 Å². The molecule has 0 fully saturated rings. The molecular formula is C16H15ClN2O2S3. The van der Waals surface area contributed by atoms with Gasteiger partial charge in [0.05, 0.1) is 15.1 Å². The van der Waals surface area contributed by atoms with Crippen LogP contribution in [0.1, 0.15) is 6.92 Å². The average molecular weight is 399 g/mol. The maximum absolute atomic E-state index is 12.6. The van der Waals surface area contributed by atoms with E-state index in [0.29, 0.717) is 16.4 Å². The van der Waals surface area contributed by atoms with Gasteiger partial charge in [-0.2, -0.15) is 8.42 Å². The van der Waals surface area contributed by atoms with Crippen molar-refractivity contribution < 1.29 is 8.42 Å². The summed E-state index contributed by atoms with van der Waals surface area (Å²) in [5.41, 5.74) is 0.991. The number of fused-ring (bicyclic) bond motifs is 1. The maximum atomic E-state index is 12.6. The van der Waals surface area contributed by atoms with E-state index in [0.717, 1.165) is 15.1 Å². The minimum atomic E-state index is -3.78. The molecule has 126 valence electrons. The van der Waals surface area contributed by atoms with E-state index < -0.39 is 10.0 Å². The van der Waals surface area contributed by atoms with Gasteiger partial charge in [-0.05, 0) is 55.6 Å². The number of thiazole rings is 1. The Hall–Kier alpha value is -1.28. The van der Waals surface area contributed by atoms with Crippen LogP contribution in [0.4, 0.5) is 0 Å². The quantitative estimate of drug-likeness (QED) is 0.612. The highest BCUT2D eigenvalue weighted by Gasteiger charge is 2.14. The Morgan fingerprint density at radius 3 is 2.54 bits per heavy atom. The first-order valence-corrected chi connectivity index (χ1v) is 11.0. The fraction of sp³-hybridized carbons (Fsp3) is 0.188. The molecular weight excluding hydrogens is 384 g/mol. The zero-order valence-electron chi connectivity index (χ0n) is 13.1. The van der Waals surface area contributed by atoms with Crippen molar-refractivity contribution in [2.75, 3.05) is 6.26 Å². The Balaban J connectivity index is 2.20. The summed E-state index contributed by atoms with van der Waals surface area (Å²) in [4.78, 5) is 1.75. The van der Waals surface area contributed by atoms with Crippen LogP contribution in [0.5, 0.6) is 0 Å². The first-order valence-electron chi connectivity index (χ1n) is 7.18. The average Bonchev–Trinajstić information content (AvgIpc) is 2.90. The second-order valence-corrected chi connectivity index (χ2v) is 8.91. The fourth-order valence-electron chi connectivity index (χ4n) is 2.32. The van der Waals surface area contributed by atoms with E-state index in [1.165, 1.54) is 23.5 Å². The van der Waals surface area contributed by atoms with Crippen molar-refractivity contribution in [3.63, 3.8) is 0 Å². The number of benzene rings is 2. The van der Waals surface area contributed by atoms with Crippen LogP contribution in [0.15, 0.2) is 56.7 Å². The Morgan fingerprint density at radius 1 is 1.21 bits per heavy atom. The maximum Gasteiger partial charge on any atom is 0.285 e. The van der Waals surface area contributed by atoms with Gasteiger partial charge in [0.2, 0.25) is 4.80 Å². The van der Waals surface area contributed by atoms with Gasteiger partial charge in [0, 0.05) is 16.5 Å². The van der Waals surface area contributed by atoms with Gasteiger partial charge in [0.25, 0.3) is 10.0 Å². The molecule has 0 atom stereocenters. The standard InChI is InChI=1S/C16H15ClN2O2S3/c1-3-19-14-9-6-12(22-2)10-15(14)23-16(19)18-24(20,21)13-7-4-11(17)5-8-13/h4-10H,3H2,1-2H3/b18-16-. The molecule has 8 heteroatoms. The number of aryl methyl sites for hydroxylation is 1. The molecule has 0 saturated heterocycles. The molecule has 0 spiro atoms. The van der Waals surface area contributed by atoms with E-state index in [2.05, 4.69) is 10.5 Å². The zero-order valence-corrected chi connectivity index (χ0v) is 16.3. The Morgan fingerprint density at radius 2 is 1.92 bits per heavy atom. The van der Waals surface area contributed by atoms with E-state index in [-0.39, 0.29) is 4.90 Å². The van der Waals surface area contributed by atoms with Crippen LogP contribution in [-0.2, 0) is 16.6 Å². The molecule has 0 saturated carbocycles. The molecule has 3 rings (SSSR count). The lowest BCUT2D eigenvalue weighted by Crippen LogP contribution is -2.16. The van der Waals surface area contributed by atoms with E-state index in [1.54, 1.807) is 23.9 Å². The molecule has 2 aromatic carbocycles. The number of hydrogen-bond donors (Lipinski definition) is 0. The number of aromatic nitrogens is 1. The topological polar surface area (TPSA) is 51.4 Å². The van der Waals surface area contributed by atoms with Gasteiger partial charge in [-0.15, -0.1) is 16.2 Å². The predicted molar refractivity (Wildman–Crippen MR) is 101 cm³/mol. The Labute approximate surface area is 153 Å². The molecule has 4 nitrogen and oxygen atoms in total. The van der Waals surface area contributed by atoms with Crippen LogP contribution < -0.4 is 4.80 Å². The van der Waals surface area contributed by atoms with Crippen molar-refractivity contribution in [2.45, 2.75) is 23.3 Å². The summed E-state index contributed by atoms with van der Waals surface area (Å²) in [6.45, 7) is 2.62. The van der Waals surface area contributed by atoms with Crippen LogP contribution in [0.3, 0.4) is 0 Å². The number of thioether (sulfide) groups is 1. The summed E-state index contributed by atoms with van der Waals surface area (Å²) in [5, 5.41) is 0.490. The highest BCUT2D eigenvalue weighted by Crippen LogP contribution is 2.24. The molecule has 0 amide bonds. The van der Waals surface area contributed by atoms with E-state index in [1.807, 2.05) is 29.9 Å². The van der Waals surface area contributed by atoms with Crippen LogP contribution in [0.2, 0.25) is 5.02 Å². The molecule has 0 radical (unpaired) electrons. The monoisotopic (exact) mass is 398 g/mol. The van der Waals surface area contributed by atoms with Crippen molar-refractivity contribution in [2.24, 2.45) is 4.40 Å². The lowest BCUT2D eigenvalue weighted by atomic mass is 10.3. The molecule has 0 bridgehead atoms. The smallest absolute Gasteiger partial charge is 0.285 e. The summed E-state index contributed by atoms with van der Waals surface area (Å²) < 4.78 is 32.1. The number of sulfonamides is 1. The summed E-state index contributed by atoms with van der Waals surface area (Å²) in [6, 6.07) is 12.1. The largest absolute Gasteiger partial charge is 0.316 e. The first kappa shape index (κ1) is 17.5. The second-order valence-electron chi connectivity index (χ2n) is 4.98. The number of hydrogen-bond acceptors (Lipinski definition) is 4. The number of nitrogens with zero attached hydrogens (tertiary/aromatic N) is 2. The molecule has 24 heavy (non-hydrogen) atoms. The van der Waals surface area contributed by atoms with Crippen molar-refractivity contribution in [1.29, 1.82) is 0 Å². The molecule has 0 aliphatic rings. The third-order valence-electron chi connectivity index (χ3n) is 3.52. The Kier molecular flexibility index (Phi) is 5.05. The van der Waals surface area contributed by atoms with E-state index >= 15 is 0 Å². The molecule has 0 aliphatic carbocycles. The third kappa shape index (κ3) is 3.39. The summed E-state index contributed by atoms with van der Waals surface area (Å²) in [5.74, 6) is 0. The van der Waals surface area contributed by atoms with Gasteiger partial charge in [-0.1, -0.05) is 22.9 Å². The van der Waals surface area contributed by atoms with E-state index in [9.17, 15) is 8.42 Å². The summed E-state index contributed by atoms with van der Waals surface area (Å²) >= 11 is 8.86. The third-order valence-corrected chi connectivity index (χ3v) is 6.93. The fourth-order valence-corrected chi connectivity index (χ4v) is 5.29. The molecule has 3 aromatic rings. The van der Waals surface area contributed by atoms with Crippen molar-refractivity contribution in [3.8, 4) is 0 Å². The van der Waals surface area contributed by atoms with Crippen molar-refractivity contribution in [1.82, 2.24) is 4.57 Å². The van der Waals surface area contributed by atoms with Gasteiger partial charge in [0.15, 0.2) is 0 Å². The lowest BCUT2D eigenvalue weighted by molar-refractivity contribution is 0.595. The number of halogens is 1. The number of rotatable bonds is 4. The van der Waals surface area contributed by atoms with Crippen LogP contribution >= 0.6 is 34.7 Å². The van der Waals surface area contributed by atoms with Crippen LogP contribution in [-0.4, -0.2) is 19.2 Å². The summed E-state index contributed by atoms with van der Waals surface area (Å²) in [7, 11) is -3.78. The highest BCUT2D eigenvalue weighted by molar-refractivity contribution is 7.98. The highest BCUT2D eigenvalue weighted by atomic mass is 35.5. The molecule has 0 N–H and O–H groups in total. The minimum absolute atomic E-state index is 0.136. The predicted octanol–water partition coefficient (Wildman–Crippen LogP) is 4.39. The van der Waals surface area contributed by atoms with E-state index in [4.69, 9.17) is 11.6 Å². The lowest BCUT2D eigenvalue weighted by Gasteiger charge is -2.02. The van der Waals surface area contributed by atoms with Gasteiger partial charge in [0.1, 0.15) is 0 Å². The molecule has 0 aliphatic heterocycles. The normalized spacial score (nSPS) is 12.9. The van der Waals surface area contributed by atoms with Crippen molar-refractivity contribution >= 4 is 54.9 Å². The minimum Gasteiger partial charge on any atom is -0.316 e. The van der Waals surface area contributed by atoms with Gasteiger partial charge in [-0.3, -0.25) is 0 Å². The molecule has 1 aromatic heterocycles. The second kappa shape index (κ2) is 6.92. The van der Waals surface area contributed by atoms with Gasteiger partial charge in [-0.25, -0.2) is 0 Å². The molecule has 0 unspecified atom stereocenters. The molecule has 1 heterocycles. The SMILES string of the molecule is CCn1/c(=N/S(=O)(=O)c2ccc(Cl)cc2)sc2cc(SC)ccc21. The Bertz CT molecular complexity index is 1050. The first-order chi connectivity index (χ1) is 11.4. The zero-order chi connectivity index (χ0) is 17.3. The van der Waals surface area contributed by atoms with Crippen molar-refractivity contribution in [3.05, 3.63) is 52.3 Å². The summed E-state index contributed by atoms with van der Waals surface area (Å²) in [6.07, 6.45) is 2.01. The van der Waals surface area contributed by atoms with Gasteiger partial charge < -0.3 is 4.57 Å². The van der Waals surface area contributed by atoms with Crippen LogP contribution in [0, 0.1) is 0 Å². The van der Waals surface area contributed by atoms with Gasteiger partial charge >= 0.3 is 0 Å².